The van der Waals surface area contributed by atoms with Crippen LogP contribution >= 0.6 is 9.24 Å². The minimum atomic E-state index is 0.160. The summed E-state index contributed by atoms with van der Waals surface area (Å²) in [6.45, 7) is 13.7. The standard InChI is InChI=1S/C24H33P/c1-15-10-12-21(19(5)17(15)3)23-9-7-8-14-24(23,25)22-13-11-16(2)18(4)20(22)6/h10-13,23H,7-9,14,25H2,1-6H3. The monoisotopic (exact) mass is 352 g/mol. The lowest BCUT2D eigenvalue weighted by atomic mass is 9.68. The molecule has 0 bridgehead atoms. The number of benzene rings is 2. The molecule has 0 spiro atoms. The second kappa shape index (κ2) is 6.88. The number of hydrogen-bond donors (Lipinski definition) is 0. The van der Waals surface area contributed by atoms with Gasteiger partial charge in [-0.2, -0.15) is 0 Å². The zero-order valence-corrected chi connectivity index (χ0v) is 17.9. The lowest BCUT2D eigenvalue weighted by Crippen LogP contribution is -2.32. The van der Waals surface area contributed by atoms with Crippen LogP contribution in [-0.4, -0.2) is 0 Å². The third kappa shape index (κ3) is 3.08. The van der Waals surface area contributed by atoms with Crippen LogP contribution in [0.25, 0.3) is 0 Å². The van der Waals surface area contributed by atoms with Crippen molar-refractivity contribution in [3.05, 3.63) is 68.8 Å². The molecular weight excluding hydrogens is 319 g/mol. The molecule has 2 aromatic carbocycles. The average molecular weight is 353 g/mol. The Labute approximate surface area is 156 Å². The van der Waals surface area contributed by atoms with E-state index in [1.165, 1.54) is 59.1 Å². The molecule has 25 heavy (non-hydrogen) atoms. The minimum absolute atomic E-state index is 0.160. The molecule has 0 heterocycles. The molecule has 3 unspecified atom stereocenters. The molecule has 3 atom stereocenters. The smallest absolute Gasteiger partial charge is 0.0168 e. The van der Waals surface area contributed by atoms with E-state index in [-0.39, 0.29) is 5.16 Å². The van der Waals surface area contributed by atoms with E-state index in [1.54, 1.807) is 11.1 Å². The summed E-state index contributed by atoms with van der Waals surface area (Å²) >= 11 is 0. The highest BCUT2D eigenvalue weighted by Crippen LogP contribution is 2.55. The van der Waals surface area contributed by atoms with Crippen molar-refractivity contribution in [2.75, 3.05) is 0 Å². The Hall–Kier alpha value is -1.13. The Morgan fingerprint density at radius 2 is 1.36 bits per heavy atom. The Morgan fingerprint density at radius 1 is 0.760 bits per heavy atom. The van der Waals surface area contributed by atoms with Crippen molar-refractivity contribution in [2.24, 2.45) is 0 Å². The Bertz CT molecular complexity index is 802. The molecule has 0 radical (unpaired) electrons. The molecule has 0 nitrogen and oxygen atoms in total. The van der Waals surface area contributed by atoms with Gasteiger partial charge in [-0.25, -0.2) is 0 Å². The van der Waals surface area contributed by atoms with Crippen molar-refractivity contribution < 1.29 is 0 Å². The van der Waals surface area contributed by atoms with E-state index in [0.29, 0.717) is 5.92 Å². The third-order valence-electron chi connectivity index (χ3n) is 6.99. The van der Waals surface area contributed by atoms with Crippen LogP contribution in [0.2, 0.25) is 0 Å². The fourth-order valence-electron chi connectivity index (χ4n) is 4.77. The van der Waals surface area contributed by atoms with Gasteiger partial charge in [-0.05, 0) is 105 Å². The predicted octanol–water partition coefficient (Wildman–Crippen LogP) is 6.97. The van der Waals surface area contributed by atoms with E-state index in [4.69, 9.17) is 0 Å². The van der Waals surface area contributed by atoms with Gasteiger partial charge in [0.1, 0.15) is 0 Å². The van der Waals surface area contributed by atoms with Crippen LogP contribution in [0.3, 0.4) is 0 Å². The molecule has 0 N–H and O–H groups in total. The second-order valence-electron chi connectivity index (χ2n) is 8.24. The molecule has 0 saturated heterocycles. The SMILES string of the molecule is Cc1ccc(C2CCCCC2(P)c2ccc(C)c(C)c2C)c(C)c1C. The van der Waals surface area contributed by atoms with Crippen molar-refractivity contribution in [1.29, 1.82) is 0 Å². The van der Waals surface area contributed by atoms with Crippen LogP contribution in [0, 0.1) is 41.5 Å². The second-order valence-corrected chi connectivity index (χ2v) is 9.27. The van der Waals surface area contributed by atoms with Gasteiger partial charge in [0.2, 0.25) is 0 Å². The lowest BCUT2D eigenvalue weighted by molar-refractivity contribution is 0.348. The van der Waals surface area contributed by atoms with E-state index in [2.05, 4.69) is 75.0 Å². The molecule has 134 valence electrons. The number of aryl methyl sites for hydroxylation is 2. The van der Waals surface area contributed by atoms with Crippen LogP contribution in [-0.2, 0) is 5.16 Å². The summed E-state index contributed by atoms with van der Waals surface area (Å²) in [5, 5.41) is 0.160. The lowest BCUT2D eigenvalue weighted by Gasteiger charge is -2.44. The summed E-state index contributed by atoms with van der Waals surface area (Å²) in [4.78, 5) is 0. The van der Waals surface area contributed by atoms with Gasteiger partial charge in [0.25, 0.3) is 0 Å². The van der Waals surface area contributed by atoms with Gasteiger partial charge < -0.3 is 0 Å². The molecular formula is C24H33P. The Balaban J connectivity index is 2.16. The summed E-state index contributed by atoms with van der Waals surface area (Å²) < 4.78 is 0. The van der Waals surface area contributed by atoms with Gasteiger partial charge in [-0.1, -0.05) is 37.1 Å². The molecule has 2 aromatic rings. The third-order valence-corrected chi connectivity index (χ3v) is 7.99. The maximum absolute atomic E-state index is 3.31. The van der Waals surface area contributed by atoms with E-state index in [9.17, 15) is 0 Å². The van der Waals surface area contributed by atoms with Gasteiger partial charge in [0.15, 0.2) is 0 Å². The van der Waals surface area contributed by atoms with Crippen LogP contribution in [0.5, 0.6) is 0 Å². The summed E-state index contributed by atoms with van der Waals surface area (Å²) in [7, 11) is 3.31. The largest absolute Gasteiger partial charge is 0.126 e. The molecule has 3 rings (SSSR count). The van der Waals surface area contributed by atoms with Crippen molar-refractivity contribution in [2.45, 2.75) is 78.3 Å². The molecule has 1 aliphatic rings. The molecule has 0 aliphatic heterocycles. The van der Waals surface area contributed by atoms with E-state index in [0.717, 1.165) is 0 Å². The van der Waals surface area contributed by atoms with Crippen molar-refractivity contribution in [3.63, 3.8) is 0 Å². The van der Waals surface area contributed by atoms with E-state index < -0.39 is 0 Å². The fourth-order valence-corrected chi connectivity index (χ4v) is 5.63. The van der Waals surface area contributed by atoms with E-state index >= 15 is 0 Å². The summed E-state index contributed by atoms with van der Waals surface area (Å²) in [6.07, 6.45) is 5.23. The van der Waals surface area contributed by atoms with Gasteiger partial charge >= 0.3 is 0 Å². The molecule has 1 aliphatic carbocycles. The number of rotatable bonds is 2. The maximum Gasteiger partial charge on any atom is 0.0168 e. The first-order valence-electron chi connectivity index (χ1n) is 9.70. The first-order valence-corrected chi connectivity index (χ1v) is 10.3. The quantitative estimate of drug-likeness (QED) is 0.512. The van der Waals surface area contributed by atoms with Crippen molar-refractivity contribution in [3.8, 4) is 0 Å². The molecule has 0 aromatic heterocycles. The maximum atomic E-state index is 3.31. The Morgan fingerprint density at radius 3 is 2.04 bits per heavy atom. The molecule has 1 saturated carbocycles. The topological polar surface area (TPSA) is 0 Å². The molecule has 0 amide bonds. The van der Waals surface area contributed by atoms with E-state index in [1.807, 2.05) is 0 Å². The summed E-state index contributed by atoms with van der Waals surface area (Å²) in [5.74, 6) is 0.589. The molecule has 1 fully saturated rings. The predicted molar refractivity (Wildman–Crippen MR) is 114 cm³/mol. The summed E-state index contributed by atoms with van der Waals surface area (Å²) in [6, 6.07) is 9.45. The minimum Gasteiger partial charge on any atom is -0.126 e. The van der Waals surface area contributed by atoms with Crippen molar-refractivity contribution in [1.82, 2.24) is 0 Å². The fraction of sp³-hybridized carbons (Fsp3) is 0.500. The number of hydrogen-bond acceptors (Lipinski definition) is 0. The normalized spacial score (nSPS) is 23.7. The van der Waals surface area contributed by atoms with Gasteiger partial charge in [0.05, 0.1) is 0 Å². The highest BCUT2D eigenvalue weighted by molar-refractivity contribution is 7.18. The van der Waals surface area contributed by atoms with Gasteiger partial charge in [-0.15, -0.1) is 9.24 Å². The van der Waals surface area contributed by atoms with Crippen LogP contribution in [0.1, 0.15) is 76.1 Å². The first-order chi connectivity index (χ1) is 11.8. The van der Waals surface area contributed by atoms with Crippen LogP contribution in [0.4, 0.5) is 0 Å². The first kappa shape index (κ1) is 18.7. The van der Waals surface area contributed by atoms with Crippen LogP contribution < -0.4 is 0 Å². The zero-order valence-electron chi connectivity index (χ0n) is 16.8. The van der Waals surface area contributed by atoms with Crippen molar-refractivity contribution >= 4 is 9.24 Å². The summed E-state index contributed by atoms with van der Waals surface area (Å²) in [5.41, 5.74) is 11.8. The van der Waals surface area contributed by atoms with Crippen LogP contribution in [0.15, 0.2) is 24.3 Å². The average Bonchev–Trinajstić information content (AvgIpc) is 2.59. The van der Waals surface area contributed by atoms with Gasteiger partial charge in [-0.3, -0.25) is 0 Å². The highest BCUT2D eigenvalue weighted by atomic mass is 31.0. The van der Waals surface area contributed by atoms with Gasteiger partial charge in [0, 0.05) is 5.16 Å². The Kier molecular flexibility index (Phi) is 5.13. The zero-order chi connectivity index (χ0) is 18.4. The molecule has 1 heteroatoms. The highest BCUT2D eigenvalue weighted by Gasteiger charge is 2.41.